The first-order valence-electron chi connectivity index (χ1n) is 10.0. The number of carbonyl (C=O) groups is 1. The summed E-state index contributed by atoms with van der Waals surface area (Å²) in [5.41, 5.74) is 10.5. The average Bonchev–Trinajstić information content (AvgIpc) is 3.12. The molecule has 1 aliphatic heterocycles. The van der Waals surface area contributed by atoms with E-state index in [-0.39, 0.29) is 25.7 Å². The zero-order valence-electron chi connectivity index (χ0n) is 17.2. The maximum atomic E-state index is 11.9. The number of azide groups is 1. The number of rotatable bonds is 10. The van der Waals surface area contributed by atoms with Crippen LogP contribution in [-0.2, 0) is 32.2 Å². The van der Waals surface area contributed by atoms with Crippen molar-refractivity contribution in [3.8, 4) is 0 Å². The summed E-state index contributed by atoms with van der Waals surface area (Å²) in [4.78, 5) is 14.6. The van der Waals surface area contributed by atoms with Gasteiger partial charge in [-0.1, -0.05) is 65.8 Å². The quantitative estimate of drug-likeness (QED) is 0.343. The molecule has 31 heavy (non-hydrogen) atoms. The Morgan fingerprint density at radius 3 is 2.26 bits per heavy atom. The van der Waals surface area contributed by atoms with Crippen LogP contribution < -0.4 is 5.32 Å². The Kier molecular flexibility index (Phi) is 8.40. The number of aliphatic hydroxyl groups is 1. The van der Waals surface area contributed by atoms with Gasteiger partial charge in [0.25, 0.3) is 0 Å². The molecule has 5 atom stereocenters. The third-order valence-electron chi connectivity index (χ3n) is 4.89. The smallest absolute Gasteiger partial charge is 0.217 e. The normalized spacial score (nSPS) is 23.7. The van der Waals surface area contributed by atoms with Crippen LogP contribution in [0.5, 0.6) is 0 Å². The second kappa shape index (κ2) is 11.5. The summed E-state index contributed by atoms with van der Waals surface area (Å²) in [6.45, 7) is 1.71. The van der Waals surface area contributed by atoms with Gasteiger partial charge in [0.2, 0.25) is 5.91 Å². The Morgan fingerprint density at radius 1 is 1.13 bits per heavy atom. The summed E-state index contributed by atoms with van der Waals surface area (Å²) in [5, 5.41) is 16.8. The minimum Gasteiger partial charge on any atom is -0.390 e. The van der Waals surface area contributed by atoms with Crippen LogP contribution in [0.2, 0.25) is 0 Å². The highest BCUT2D eigenvalue weighted by Crippen LogP contribution is 2.29. The van der Waals surface area contributed by atoms with E-state index in [4.69, 9.17) is 19.7 Å². The molecule has 9 heteroatoms. The van der Waals surface area contributed by atoms with Crippen molar-refractivity contribution in [3.63, 3.8) is 0 Å². The lowest BCUT2D eigenvalue weighted by atomic mass is 10.0. The van der Waals surface area contributed by atoms with E-state index in [1.165, 1.54) is 6.92 Å². The summed E-state index contributed by atoms with van der Waals surface area (Å²) in [5.74, 6) is -0.277. The van der Waals surface area contributed by atoms with Crippen molar-refractivity contribution in [2.75, 3.05) is 6.54 Å². The van der Waals surface area contributed by atoms with Crippen LogP contribution in [0.3, 0.4) is 0 Å². The number of hydrogen-bond donors (Lipinski definition) is 2. The fourth-order valence-electron chi connectivity index (χ4n) is 3.46. The summed E-state index contributed by atoms with van der Waals surface area (Å²) in [7, 11) is 0. The van der Waals surface area contributed by atoms with Gasteiger partial charge in [0.1, 0.15) is 18.2 Å². The van der Waals surface area contributed by atoms with Crippen molar-refractivity contribution in [2.24, 2.45) is 5.11 Å². The van der Waals surface area contributed by atoms with Crippen molar-refractivity contribution in [1.82, 2.24) is 5.32 Å². The van der Waals surface area contributed by atoms with Crippen molar-refractivity contribution in [3.05, 3.63) is 82.2 Å². The molecule has 1 aliphatic rings. The van der Waals surface area contributed by atoms with Crippen LogP contribution >= 0.6 is 0 Å². The number of hydrogen-bond acceptors (Lipinski definition) is 6. The molecule has 0 aromatic heterocycles. The fourth-order valence-corrected chi connectivity index (χ4v) is 3.46. The highest BCUT2D eigenvalue weighted by atomic mass is 16.7. The molecule has 2 N–H and O–H groups in total. The first kappa shape index (κ1) is 22.7. The van der Waals surface area contributed by atoms with Gasteiger partial charge in [-0.3, -0.25) is 4.79 Å². The molecule has 0 saturated carbocycles. The molecule has 0 bridgehead atoms. The topological polar surface area (TPSA) is 126 Å². The molecule has 2 aromatic rings. The molecular formula is C22H26N4O5. The van der Waals surface area contributed by atoms with Crippen LogP contribution in [0.1, 0.15) is 18.1 Å². The zero-order chi connectivity index (χ0) is 22.1. The second-order valence-corrected chi connectivity index (χ2v) is 7.23. The van der Waals surface area contributed by atoms with E-state index in [1.54, 1.807) is 0 Å². The third-order valence-corrected chi connectivity index (χ3v) is 4.89. The maximum absolute atomic E-state index is 11.9. The fraction of sp³-hybridized carbons (Fsp3) is 0.409. The van der Waals surface area contributed by atoms with Crippen molar-refractivity contribution >= 4 is 5.91 Å². The summed E-state index contributed by atoms with van der Waals surface area (Å²) >= 11 is 0. The number of aliphatic hydroxyl groups excluding tert-OH is 1. The van der Waals surface area contributed by atoms with Gasteiger partial charge in [-0.15, -0.1) is 0 Å². The van der Waals surface area contributed by atoms with Gasteiger partial charge in [0.15, 0.2) is 6.29 Å². The van der Waals surface area contributed by atoms with E-state index in [0.717, 1.165) is 11.1 Å². The summed E-state index contributed by atoms with van der Waals surface area (Å²) in [6, 6.07) is 18.4. The van der Waals surface area contributed by atoms with Crippen molar-refractivity contribution < 1.29 is 24.1 Å². The van der Waals surface area contributed by atoms with E-state index in [1.807, 2.05) is 60.7 Å². The molecular weight excluding hydrogens is 400 g/mol. The molecule has 1 unspecified atom stereocenters. The van der Waals surface area contributed by atoms with Crippen LogP contribution in [0.25, 0.3) is 10.4 Å². The Balaban J connectivity index is 1.78. The molecule has 2 aromatic carbocycles. The van der Waals surface area contributed by atoms with Gasteiger partial charge in [-0.05, 0) is 16.7 Å². The van der Waals surface area contributed by atoms with Gasteiger partial charge in [-0.25, -0.2) is 0 Å². The van der Waals surface area contributed by atoms with Crippen molar-refractivity contribution in [1.29, 1.82) is 0 Å². The highest BCUT2D eigenvalue weighted by Gasteiger charge is 2.49. The zero-order valence-corrected chi connectivity index (χ0v) is 17.2. The molecule has 0 spiro atoms. The lowest BCUT2D eigenvalue weighted by molar-refractivity contribution is -0.169. The molecule has 3 rings (SSSR count). The lowest BCUT2D eigenvalue weighted by Crippen LogP contribution is -2.50. The number of amides is 1. The summed E-state index contributed by atoms with van der Waals surface area (Å²) < 4.78 is 18.0. The standard InChI is InChI=1S/C22H26N4O5/c1-15(27)25-19-21(29-13-16-8-4-2-5-9-16)20(18(28)12-24-26-23)31-22(19)30-14-17-10-6-3-7-11-17/h2-11,18-22,28H,12-14H2,1H3,(H,25,27)/t18-,19?,20+,21-,22-/m0/s1. The molecule has 164 valence electrons. The number of nitrogens with one attached hydrogen (secondary N) is 1. The SMILES string of the molecule is CC(=O)NC1[C@@H](OCc2ccccc2)O[C@H]([C@@H](O)CN=[N+]=[N-])[C@H]1OCc1ccccc1. The second-order valence-electron chi connectivity index (χ2n) is 7.23. The van der Waals surface area contributed by atoms with E-state index in [0.29, 0.717) is 0 Å². The lowest BCUT2D eigenvalue weighted by Gasteiger charge is -2.26. The number of benzene rings is 2. The number of nitrogens with zero attached hydrogens (tertiary/aromatic N) is 3. The minimum absolute atomic E-state index is 0.190. The number of ether oxygens (including phenoxy) is 3. The summed E-state index contributed by atoms with van der Waals surface area (Å²) in [6.07, 6.45) is -3.55. The molecule has 0 radical (unpaired) electrons. The van der Waals surface area contributed by atoms with Crippen LogP contribution in [0, 0.1) is 0 Å². The molecule has 1 amide bonds. The largest absolute Gasteiger partial charge is 0.390 e. The monoisotopic (exact) mass is 426 g/mol. The van der Waals surface area contributed by atoms with Crippen LogP contribution in [-0.4, -0.2) is 48.2 Å². The van der Waals surface area contributed by atoms with Gasteiger partial charge < -0.3 is 24.6 Å². The first-order chi connectivity index (χ1) is 15.1. The van der Waals surface area contributed by atoms with Gasteiger partial charge in [0, 0.05) is 11.8 Å². The molecule has 9 nitrogen and oxygen atoms in total. The number of carbonyl (C=O) groups excluding carboxylic acids is 1. The Bertz CT molecular complexity index is 876. The van der Waals surface area contributed by atoms with E-state index in [9.17, 15) is 9.90 Å². The van der Waals surface area contributed by atoms with Gasteiger partial charge in [-0.2, -0.15) is 0 Å². The van der Waals surface area contributed by atoms with E-state index in [2.05, 4.69) is 15.3 Å². The van der Waals surface area contributed by atoms with E-state index < -0.39 is 30.6 Å². The predicted molar refractivity (Wildman–Crippen MR) is 113 cm³/mol. The molecule has 1 fully saturated rings. The minimum atomic E-state index is -1.13. The molecule has 0 aliphatic carbocycles. The van der Waals surface area contributed by atoms with Crippen LogP contribution in [0.4, 0.5) is 0 Å². The van der Waals surface area contributed by atoms with Gasteiger partial charge >= 0.3 is 0 Å². The Hall–Kier alpha value is -2.94. The van der Waals surface area contributed by atoms with Crippen LogP contribution in [0.15, 0.2) is 65.8 Å². The average molecular weight is 426 g/mol. The highest BCUT2D eigenvalue weighted by molar-refractivity contribution is 5.73. The maximum Gasteiger partial charge on any atom is 0.217 e. The van der Waals surface area contributed by atoms with Gasteiger partial charge in [0.05, 0.1) is 25.9 Å². The van der Waals surface area contributed by atoms with Crippen molar-refractivity contribution in [2.45, 2.75) is 50.8 Å². The third kappa shape index (κ3) is 6.52. The predicted octanol–water partition coefficient (Wildman–Crippen LogP) is 2.69. The Morgan fingerprint density at radius 2 is 1.71 bits per heavy atom. The first-order valence-corrected chi connectivity index (χ1v) is 10.0. The molecule has 1 saturated heterocycles. The van der Waals surface area contributed by atoms with E-state index >= 15 is 0 Å². The Labute approximate surface area is 180 Å². The molecule has 1 heterocycles.